The van der Waals surface area contributed by atoms with Gasteiger partial charge in [-0.15, -0.1) is 0 Å². The fourth-order valence-electron chi connectivity index (χ4n) is 2.36. The fraction of sp³-hybridized carbons (Fsp3) is 0.308. The number of rotatable bonds is 2. The predicted octanol–water partition coefficient (Wildman–Crippen LogP) is 1.54. The van der Waals surface area contributed by atoms with Gasteiger partial charge < -0.3 is 15.5 Å². The Morgan fingerprint density at radius 3 is 2.30 bits per heavy atom. The van der Waals surface area contributed by atoms with E-state index in [4.69, 9.17) is 5.73 Å². The molecule has 1 aliphatic rings. The summed E-state index contributed by atoms with van der Waals surface area (Å²) in [6.07, 6.45) is 7.00. The molecule has 0 saturated carbocycles. The van der Waals surface area contributed by atoms with Crippen LogP contribution in [0.2, 0.25) is 0 Å². The van der Waals surface area contributed by atoms with E-state index in [0.717, 1.165) is 42.3 Å². The van der Waals surface area contributed by atoms with E-state index in [2.05, 4.69) is 40.7 Å². The van der Waals surface area contributed by atoms with Gasteiger partial charge in [-0.05, 0) is 22.0 Å². The highest BCUT2D eigenvalue weighted by molar-refractivity contribution is 9.10. The number of nitrogens with zero attached hydrogens (tertiary/aromatic N) is 5. The topological polar surface area (TPSA) is 71.2 Å². The molecule has 2 aromatic heterocycles. The van der Waals surface area contributed by atoms with Gasteiger partial charge in [-0.25, -0.2) is 9.97 Å². The van der Waals surface area contributed by atoms with E-state index in [1.165, 1.54) is 0 Å². The van der Waals surface area contributed by atoms with Crippen LogP contribution < -0.4 is 15.5 Å². The maximum absolute atomic E-state index is 6.03. The van der Waals surface area contributed by atoms with Crippen LogP contribution >= 0.6 is 15.9 Å². The van der Waals surface area contributed by atoms with Crippen LogP contribution in [0.1, 0.15) is 0 Å². The second kappa shape index (κ2) is 5.62. The zero-order chi connectivity index (χ0) is 13.9. The third-order valence-electron chi connectivity index (χ3n) is 3.33. The summed E-state index contributed by atoms with van der Waals surface area (Å²) in [5.41, 5.74) is 7.75. The molecule has 20 heavy (non-hydrogen) atoms. The Morgan fingerprint density at radius 1 is 1.00 bits per heavy atom. The quantitative estimate of drug-likeness (QED) is 0.898. The minimum Gasteiger partial charge on any atom is -0.396 e. The predicted molar refractivity (Wildman–Crippen MR) is 82.8 cm³/mol. The Kier molecular flexibility index (Phi) is 3.68. The molecule has 3 rings (SSSR count). The first-order valence-electron chi connectivity index (χ1n) is 6.41. The first-order chi connectivity index (χ1) is 9.75. The van der Waals surface area contributed by atoms with Crippen molar-refractivity contribution in [2.75, 3.05) is 41.7 Å². The molecule has 0 bridgehead atoms. The molecular weight excluding hydrogens is 320 g/mol. The Labute approximate surface area is 125 Å². The summed E-state index contributed by atoms with van der Waals surface area (Å²) in [5.74, 6) is 0.786. The lowest BCUT2D eigenvalue weighted by atomic mass is 10.2. The molecule has 0 unspecified atom stereocenters. The molecule has 104 valence electrons. The van der Waals surface area contributed by atoms with Gasteiger partial charge in [0.1, 0.15) is 0 Å². The van der Waals surface area contributed by atoms with Crippen LogP contribution in [-0.2, 0) is 0 Å². The summed E-state index contributed by atoms with van der Waals surface area (Å²) in [4.78, 5) is 17.1. The number of pyridine rings is 1. The van der Waals surface area contributed by atoms with Crippen molar-refractivity contribution in [3.63, 3.8) is 0 Å². The first-order valence-corrected chi connectivity index (χ1v) is 7.21. The Hall–Kier alpha value is -1.89. The molecule has 7 heteroatoms. The number of nitrogen functional groups attached to an aromatic ring is 1. The summed E-state index contributed by atoms with van der Waals surface area (Å²) in [6, 6.07) is 1.83. The van der Waals surface area contributed by atoms with Crippen molar-refractivity contribution in [2.24, 2.45) is 0 Å². The largest absolute Gasteiger partial charge is 0.396 e. The molecule has 1 saturated heterocycles. The number of anilines is 3. The van der Waals surface area contributed by atoms with Gasteiger partial charge in [0.2, 0.25) is 5.95 Å². The van der Waals surface area contributed by atoms with E-state index in [9.17, 15) is 0 Å². The normalized spacial score (nSPS) is 15.4. The van der Waals surface area contributed by atoms with Gasteiger partial charge in [0.25, 0.3) is 0 Å². The number of halogens is 1. The average molecular weight is 335 g/mol. The van der Waals surface area contributed by atoms with Gasteiger partial charge in [0.15, 0.2) is 0 Å². The van der Waals surface area contributed by atoms with Crippen LogP contribution in [0, 0.1) is 0 Å². The third-order valence-corrected chi connectivity index (χ3v) is 3.91. The zero-order valence-corrected chi connectivity index (χ0v) is 12.5. The highest BCUT2D eigenvalue weighted by atomic mass is 79.9. The number of nitrogens with two attached hydrogens (primary N) is 1. The Bertz CT molecular complexity index is 562. The third kappa shape index (κ3) is 2.53. The lowest BCUT2D eigenvalue weighted by Crippen LogP contribution is -2.47. The van der Waals surface area contributed by atoms with Gasteiger partial charge in [0.05, 0.1) is 22.0 Å². The van der Waals surface area contributed by atoms with E-state index in [1.807, 2.05) is 6.07 Å². The van der Waals surface area contributed by atoms with Gasteiger partial charge in [-0.3, -0.25) is 4.98 Å². The van der Waals surface area contributed by atoms with E-state index in [1.54, 1.807) is 24.8 Å². The SMILES string of the molecule is Nc1cncc(Br)c1N1CCN(c2ncccn2)CC1. The average Bonchev–Trinajstić information content (AvgIpc) is 2.49. The molecule has 2 N–H and O–H groups in total. The van der Waals surface area contributed by atoms with Crippen molar-refractivity contribution in [1.82, 2.24) is 15.0 Å². The summed E-state index contributed by atoms with van der Waals surface area (Å²) in [5, 5.41) is 0. The molecule has 3 heterocycles. The number of piperazine rings is 1. The number of aromatic nitrogens is 3. The molecule has 0 spiro atoms. The van der Waals surface area contributed by atoms with Crippen LogP contribution in [0.3, 0.4) is 0 Å². The first kappa shape index (κ1) is 13.1. The van der Waals surface area contributed by atoms with Crippen LogP contribution in [0.25, 0.3) is 0 Å². The summed E-state index contributed by atoms with van der Waals surface area (Å²) < 4.78 is 0.932. The molecule has 0 radical (unpaired) electrons. The maximum Gasteiger partial charge on any atom is 0.225 e. The monoisotopic (exact) mass is 334 g/mol. The van der Waals surface area contributed by atoms with Crippen molar-refractivity contribution in [2.45, 2.75) is 0 Å². The second-order valence-electron chi connectivity index (χ2n) is 4.58. The zero-order valence-electron chi connectivity index (χ0n) is 10.9. The molecule has 0 aliphatic carbocycles. The van der Waals surface area contributed by atoms with Crippen molar-refractivity contribution in [3.05, 3.63) is 35.3 Å². The second-order valence-corrected chi connectivity index (χ2v) is 5.44. The minimum absolute atomic E-state index is 0.698. The van der Waals surface area contributed by atoms with E-state index in [-0.39, 0.29) is 0 Å². The van der Waals surface area contributed by atoms with Crippen LogP contribution in [0.15, 0.2) is 35.3 Å². The summed E-state index contributed by atoms with van der Waals surface area (Å²) >= 11 is 3.52. The van der Waals surface area contributed by atoms with Crippen molar-refractivity contribution in [3.8, 4) is 0 Å². The van der Waals surface area contributed by atoms with Crippen molar-refractivity contribution < 1.29 is 0 Å². The van der Waals surface area contributed by atoms with E-state index in [0.29, 0.717) is 5.69 Å². The lowest BCUT2D eigenvalue weighted by molar-refractivity contribution is 0.639. The number of hydrogen-bond donors (Lipinski definition) is 1. The highest BCUT2D eigenvalue weighted by Gasteiger charge is 2.21. The molecule has 2 aromatic rings. The highest BCUT2D eigenvalue weighted by Crippen LogP contribution is 2.31. The summed E-state index contributed by atoms with van der Waals surface area (Å²) in [7, 11) is 0. The Balaban J connectivity index is 1.73. The number of hydrogen-bond acceptors (Lipinski definition) is 6. The molecule has 1 aliphatic heterocycles. The maximum atomic E-state index is 6.03. The van der Waals surface area contributed by atoms with Crippen LogP contribution in [-0.4, -0.2) is 41.1 Å². The summed E-state index contributed by atoms with van der Waals surface area (Å²) in [6.45, 7) is 3.51. The van der Waals surface area contributed by atoms with Crippen molar-refractivity contribution >= 4 is 33.3 Å². The molecule has 0 atom stereocenters. The van der Waals surface area contributed by atoms with Gasteiger partial charge >= 0.3 is 0 Å². The minimum atomic E-state index is 0.698. The molecule has 6 nitrogen and oxygen atoms in total. The van der Waals surface area contributed by atoms with Crippen LogP contribution in [0.5, 0.6) is 0 Å². The molecule has 0 aromatic carbocycles. The van der Waals surface area contributed by atoms with Gasteiger partial charge in [-0.1, -0.05) is 0 Å². The Morgan fingerprint density at radius 2 is 1.65 bits per heavy atom. The molecule has 1 fully saturated rings. The van der Waals surface area contributed by atoms with Crippen molar-refractivity contribution in [1.29, 1.82) is 0 Å². The van der Waals surface area contributed by atoms with E-state index >= 15 is 0 Å². The standard InChI is InChI=1S/C13H15BrN6/c14-10-8-16-9-11(15)12(10)19-4-6-20(7-5-19)13-17-2-1-3-18-13/h1-3,8-9H,4-7,15H2. The van der Waals surface area contributed by atoms with E-state index < -0.39 is 0 Å². The fourth-order valence-corrected chi connectivity index (χ4v) is 2.96. The smallest absolute Gasteiger partial charge is 0.225 e. The lowest BCUT2D eigenvalue weighted by Gasteiger charge is -2.36. The van der Waals surface area contributed by atoms with Gasteiger partial charge in [0, 0.05) is 44.8 Å². The molecule has 0 amide bonds. The van der Waals surface area contributed by atoms with Crippen LogP contribution in [0.4, 0.5) is 17.3 Å². The molecular formula is C13H15BrN6. The van der Waals surface area contributed by atoms with Gasteiger partial charge in [-0.2, -0.15) is 0 Å².